The van der Waals surface area contributed by atoms with E-state index < -0.39 is 0 Å². The second-order valence-electron chi connectivity index (χ2n) is 2.49. The molecule has 0 saturated heterocycles. The Balaban J connectivity index is 3.42. The van der Waals surface area contributed by atoms with Gasteiger partial charge in [0.1, 0.15) is 0 Å². The van der Waals surface area contributed by atoms with E-state index in [1.807, 2.05) is 6.08 Å². The second kappa shape index (κ2) is 6.35. The zero-order valence-electron chi connectivity index (χ0n) is 6.64. The van der Waals surface area contributed by atoms with Crippen molar-refractivity contribution in [1.82, 2.24) is 0 Å². The smallest absolute Gasteiger partial charge is 0.0659 e. The minimum Gasteiger partial charge on any atom is -0.198 e. The number of nitrogens with zero attached hydrogens (tertiary/aromatic N) is 1. The molecule has 1 heteroatoms. The Morgan fingerprint density at radius 3 is 2.80 bits per heavy atom. The second-order valence-corrected chi connectivity index (χ2v) is 2.49. The number of unbranched alkanes of at least 4 members (excludes halogenated alkanes) is 1. The fourth-order valence-corrected chi connectivity index (χ4v) is 0.887. The van der Waals surface area contributed by atoms with Crippen molar-refractivity contribution in [2.24, 2.45) is 5.92 Å². The van der Waals surface area contributed by atoms with Gasteiger partial charge in [-0.05, 0) is 12.8 Å². The molecule has 0 saturated carbocycles. The molecule has 0 aromatic heterocycles. The number of nitriles is 1. The first-order valence-electron chi connectivity index (χ1n) is 3.85. The molecule has 0 aliphatic heterocycles. The lowest BCUT2D eigenvalue weighted by molar-refractivity contribution is 0.572. The van der Waals surface area contributed by atoms with E-state index in [0.29, 0.717) is 0 Å². The van der Waals surface area contributed by atoms with Gasteiger partial charge in [-0.1, -0.05) is 25.8 Å². The van der Waals surface area contributed by atoms with E-state index in [1.54, 1.807) is 0 Å². The fraction of sp³-hybridized carbons (Fsp3) is 0.667. The summed E-state index contributed by atoms with van der Waals surface area (Å²) in [7, 11) is 0. The third-order valence-corrected chi connectivity index (χ3v) is 1.54. The van der Waals surface area contributed by atoms with E-state index >= 15 is 0 Å². The summed E-state index contributed by atoms with van der Waals surface area (Å²) in [6, 6.07) is 2.27. The summed E-state index contributed by atoms with van der Waals surface area (Å²) in [6.07, 6.45) is 6.03. The molecule has 0 spiro atoms. The van der Waals surface area contributed by atoms with Crippen LogP contribution in [0.25, 0.3) is 0 Å². The van der Waals surface area contributed by atoms with Gasteiger partial charge in [0.25, 0.3) is 0 Å². The minimum absolute atomic E-state index is 0.206. The lowest BCUT2D eigenvalue weighted by Crippen LogP contribution is -1.93. The van der Waals surface area contributed by atoms with Gasteiger partial charge in [-0.3, -0.25) is 0 Å². The summed E-state index contributed by atoms with van der Waals surface area (Å²) in [5, 5.41) is 8.59. The Morgan fingerprint density at radius 2 is 2.40 bits per heavy atom. The number of allylic oxidation sites excluding steroid dienone is 1. The average molecular weight is 137 g/mol. The number of hydrogen-bond acceptors (Lipinski definition) is 1. The standard InChI is InChI=1S/C9H15N/c1-3-5-7-9(8-10)6-4-2/h4,9H,2-3,5-7H2,1H3. The highest BCUT2D eigenvalue weighted by Gasteiger charge is 2.02. The summed E-state index contributed by atoms with van der Waals surface area (Å²) in [4.78, 5) is 0. The predicted molar refractivity (Wildman–Crippen MR) is 43.4 cm³/mol. The van der Waals surface area contributed by atoms with Crippen molar-refractivity contribution in [3.63, 3.8) is 0 Å². The van der Waals surface area contributed by atoms with Crippen molar-refractivity contribution in [2.75, 3.05) is 0 Å². The van der Waals surface area contributed by atoms with Crippen LogP contribution >= 0.6 is 0 Å². The Hall–Kier alpha value is -0.770. The molecule has 1 unspecified atom stereocenters. The van der Waals surface area contributed by atoms with E-state index in [4.69, 9.17) is 5.26 Å². The van der Waals surface area contributed by atoms with Gasteiger partial charge in [0.2, 0.25) is 0 Å². The third kappa shape index (κ3) is 4.14. The molecule has 1 nitrogen and oxygen atoms in total. The van der Waals surface area contributed by atoms with E-state index in [-0.39, 0.29) is 5.92 Å². The lowest BCUT2D eigenvalue weighted by atomic mass is 10.0. The maximum Gasteiger partial charge on any atom is 0.0659 e. The summed E-state index contributed by atoms with van der Waals surface area (Å²) in [6.45, 7) is 5.75. The monoisotopic (exact) mass is 137 g/mol. The number of rotatable bonds is 5. The molecule has 0 rings (SSSR count). The zero-order chi connectivity index (χ0) is 7.82. The van der Waals surface area contributed by atoms with E-state index in [1.165, 1.54) is 6.42 Å². The van der Waals surface area contributed by atoms with Gasteiger partial charge >= 0.3 is 0 Å². The van der Waals surface area contributed by atoms with E-state index in [9.17, 15) is 0 Å². The van der Waals surface area contributed by atoms with Crippen molar-refractivity contribution >= 4 is 0 Å². The molecule has 0 bridgehead atoms. The van der Waals surface area contributed by atoms with E-state index in [0.717, 1.165) is 19.3 Å². The highest BCUT2D eigenvalue weighted by atomic mass is 14.3. The van der Waals surface area contributed by atoms with Gasteiger partial charge in [0.15, 0.2) is 0 Å². The molecule has 56 valence electrons. The number of hydrogen-bond donors (Lipinski definition) is 0. The SMILES string of the molecule is C=CCC(C#N)CCCC. The van der Waals surface area contributed by atoms with Crippen LogP contribution in [0.1, 0.15) is 32.6 Å². The van der Waals surface area contributed by atoms with Crippen LogP contribution in [0.4, 0.5) is 0 Å². The van der Waals surface area contributed by atoms with Gasteiger partial charge in [-0.2, -0.15) is 5.26 Å². The summed E-state index contributed by atoms with van der Waals surface area (Å²) >= 11 is 0. The Bertz CT molecular complexity index is 121. The first kappa shape index (κ1) is 9.23. The van der Waals surface area contributed by atoms with Gasteiger partial charge in [0.05, 0.1) is 6.07 Å². The molecule has 0 N–H and O–H groups in total. The molecule has 0 aliphatic carbocycles. The van der Waals surface area contributed by atoms with Crippen LogP contribution in [0.15, 0.2) is 12.7 Å². The van der Waals surface area contributed by atoms with Crippen LogP contribution < -0.4 is 0 Å². The topological polar surface area (TPSA) is 23.8 Å². The van der Waals surface area contributed by atoms with Crippen LogP contribution in [-0.2, 0) is 0 Å². The Morgan fingerprint density at radius 1 is 1.70 bits per heavy atom. The third-order valence-electron chi connectivity index (χ3n) is 1.54. The maximum absolute atomic E-state index is 8.59. The highest BCUT2D eigenvalue weighted by Crippen LogP contribution is 2.11. The first-order valence-corrected chi connectivity index (χ1v) is 3.85. The fourth-order valence-electron chi connectivity index (χ4n) is 0.887. The van der Waals surface area contributed by atoms with Crippen molar-refractivity contribution < 1.29 is 0 Å². The van der Waals surface area contributed by atoms with Crippen molar-refractivity contribution in [3.8, 4) is 6.07 Å². The summed E-state index contributed by atoms with van der Waals surface area (Å²) in [5.74, 6) is 0.206. The van der Waals surface area contributed by atoms with Gasteiger partial charge < -0.3 is 0 Å². The Labute approximate surface area is 63.4 Å². The Kier molecular flexibility index (Phi) is 5.86. The first-order chi connectivity index (χ1) is 4.85. The molecule has 0 aromatic rings. The average Bonchev–Trinajstić information content (AvgIpc) is 1.98. The van der Waals surface area contributed by atoms with Crippen molar-refractivity contribution in [1.29, 1.82) is 5.26 Å². The molecule has 1 atom stereocenters. The largest absolute Gasteiger partial charge is 0.198 e. The predicted octanol–water partition coefficient (Wildman–Crippen LogP) is 2.89. The molecule has 0 fully saturated rings. The molecule has 0 radical (unpaired) electrons. The minimum atomic E-state index is 0.206. The van der Waals surface area contributed by atoms with E-state index in [2.05, 4.69) is 19.6 Å². The zero-order valence-corrected chi connectivity index (χ0v) is 6.64. The van der Waals surface area contributed by atoms with Gasteiger partial charge in [0, 0.05) is 5.92 Å². The normalized spacial score (nSPS) is 12.0. The van der Waals surface area contributed by atoms with Crippen LogP contribution in [0.3, 0.4) is 0 Å². The van der Waals surface area contributed by atoms with Crippen molar-refractivity contribution in [2.45, 2.75) is 32.6 Å². The lowest BCUT2D eigenvalue weighted by Gasteiger charge is -2.02. The molecular weight excluding hydrogens is 122 g/mol. The summed E-state index contributed by atoms with van der Waals surface area (Å²) < 4.78 is 0. The van der Waals surface area contributed by atoms with Crippen LogP contribution in [0.2, 0.25) is 0 Å². The quantitative estimate of drug-likeness (QED) is 0.534. The highest BCUT2D eigenvalue weighted by molar-refractivity contribution is 4.87. The molecule has 0 heterocycles. The van der Waals surface area contributed by atoms with Crippen molar-refractivity contribution in [3.05, 3.63) is 12.7 Å². The van der Waals surface area contributed by atoms with Gasteiger partial charge in [-0.15, -0.1) is 6.58 Å². The molecule has 10 heavy (non-hydrogen) atoms. The van der Waals surface area contributed by atoms with Crippen LogP contribution in [0, 0.1) is 17.2 Å². The molecule has 0 aromatic carbocycles. The van der Waals surface area contributed by atoms with Crippen LogP contribution in [0.5, 0.6) is 0 Å². The van der Waals surface area contributed by atoms with Gasteiger partial charge in [-0.25, -0.2) is 0 Å². The molecule has 0 amide bonds. The van der Waals surface area contributed by atoms with Crippen LogP contribution in [-0.4, -0.2) is 0 Å². The summed E-state index contributed by atoms with van der Waals surface area (Å²) in [5.41, 5.74) is 0. The molecular formula is C9H15N. The maximum atomic E-state index is 8.59. The molecule has 0 aliphatic rings.